The fraction of sp³-hybridized carbons (Fsp3) is 0.529. The molecule has 0 fully saturated rings. The number of nitrogens with one attached hydrogen (secondary N) is 1. The van der Waals surface area contributed by atoms with E-state index in [-0.39, 0.29) is 11.8 Å². The topological polar surface area (TPSA) is 49.4 Å². The van der Waals surface area contributed by atoms with Crippen LogP contribution in [-0.2, 0) is 16.1 Å². The molecule has 22 heavy (non-hydrogen) atoms. The second kappa shape index (κ2) is 9.62. The lowest BCUT2D eigenvalue weighted by molar-refractivity contribution is -0.140. The van der Waals surface area contributed by atoms with Crippen molar-refractivity contribution in [2.24, 2.45) is 0 Å². The molecular weight excluding hydrogens is 344 g/mol. The minimum atomic E-state index is -0.465. The van der Waals surface area contributed by atoms with Gasteiger partial charge < -0.3 is 10.2 Å². The van der Waals surface area contributed by atoms with Crippen LogP contribution < -0.4 is 5.32 Å². The van der Waals surface area contributed by atoms with Gasteiger partial charge in [-0.3, -0.25) is 9.59 Å². The Balaban J connectivity index is 2.76. The minimum absolute atomic E-state index is 0.0129. The van der Waals surface area contributed by atoms with Crippen molar-refractivity contribution < 1.29 is 9.59 Å². The van der Waals surface area contributed by atoms with Crippen molar-refractivity contribution >= 4 is 27.7 Å². The fourth-order valence-electron chi connectivity index (χ4n) is 2.11. The Kier molecular flexibility index (Phi) is 8.17. The summed E-state index contributed by atoms with van der Waals surface area (Å²) in [4.78, 5) is 26.1. The molecule has 4 nitrogen and oxygen atoms in total. The number of hydrogen-bond donors (Lipinski definition) is 1. The number of rotatable bonds is 8. The number of carbonyl (C=O) groups is 2. The van der Waals surface area contributed by atoms with Crippen LogP contribution >= 0.6 is 15.9 Å². The summed E-state index contributed by atoms with van der Waals surface area (Å²) < 4.78 is 0.995. The molecule has 0 aromatic heterocycles. The summed E-state index contributed by atoms with van der Waals surface area (Å²) in [6.45, 7) is 6.79. The van der Waals surface area contributed by atoms with E-state index >= 15 is 0 Å². The molecule has 5 heteroatoms. The Bertz CT molecular complexity index is 488. The van der Waals surface area contributed by atoms with Crippen molar-refractivity contribution in [3.05, 3.63) is 34.3 Å². The molecule has 1 N–H and O–H groups in total. The van der Waals surface area contributed by atoms with Crippen LogP contribution in [0.25, 0.3) is 0 Å². The van der Waals surface area contributed by atoms with Gasteiger partial charge in [0, 0.05) is 24.0 Å². The first-order chi connectivity index (χ1) is 10.5. The third kappa shape index (κ3) is 5.79. The molecule has 0 aliphatic heterocycles. The Labute approximate surface area is 141 Å². The monoisotopic (exact) mass is 368 g/mol. The third-order valence-electron chi connectivity index (χ3n) is 3.57. The van der Waals surface area contributed by atoms with E-state index in [0.717, 1.165) is 22.9 Å². The summed E-state index contributed by atoms with van der Waals surface area (Å²) in [6.07, 6.45) is 2.38. The maximum Gasteiger partial charge on any atom is 0.242 e. The highest BCUT2D eigenvalue weighted by molar-refractivity contribution is 9.10. The Hall–Kier alpha value is -1.36. The van der Waals surface area contributed by atoms with Gasteiger partial charge in [0.2, 0.25) is 11.8 Å². The third-order valence-corrected chi connectivity index (χ3v) is 4.09. The van der Waals surface area contributed by atoms with Crippen molar-refractivity contribution in [1.29, 1.82) is 0 Å². The summed E-state index contributed by atoms with van der Waals surface area (Å²) in [5.74, 6) is -0.103. The molecular formula is C17H25BrN2O2. The molecule has 1 rings (SSSR count). The van der Waals surface area contributed by atoms with E-state index in [9.17, 15) is 9.59 Å². The van der Waals surface area contributed by atoms with E-state index in [4.69, 9.17) is 0 Å². The average molecular weight is 369 g/mol. The summed E-state index contributed by atoms with van der Waals surface area (Å²) in [5, 5.41) is 2.90. The van der Waals surface area contributed by atoms with E-state index in [1.54, 1.807) is 11.8 Å². The quantitative estimate of drug-likeness (QED) is 0.713. The molecule has 0 aliphatic carbocycles. The molecule has 0 saturated heterocycles. The molecule has 0 spiro atoms. The number of carbonyl (C=O) groups excluding carboxylic acids is 2. The van der Waals surface area contributed by atoms with Crippen molar-refractivity contribution in [3.8, 4) is 0 Å². The maximum atomic E-state index is 12.2. The molecule has 0 saturated carbocycles. The van der Waals surface area contributed by atoms with Crippen molar-refractivity contribution in [2.75, 3.05) is 6.54 Å². The number of halogens is 1. The lowest BCUT2D eigenvalue weighted by Gasteiger charge is -2.28. The SMILES string of the molecule is CCCCNC(=O)[C@@H](C)N(Cc1ccc(Br)cc1)C(=O)CC. The first-order valence-electron chi connectivity index (χ1n) is 7.81. The first-order valence-corrected chi connectivity index (χ1v) is 8.60. The molecule has 0 bridgehead atoms. The van der Waals surface area contributed by atoms with Gasteiger partial charge in [-0.15, -0.1) is 0 Å². The summed E-state index contributed by atoms with van der Waals surface area (Å²) >= 11 is 3.40. The predicted octanol–water partition coefficient (Wildman–Crippen LogP) is 3.49. The lowest BCUT2D eigenvalue weighted by Crippen LogP contribution is -2.47. The van der Waals surface area contributed by atoms with E-state index in [1.807, 2.05) is 31.2 Å². The highest BCUT2D eigenvalue weighted by Crippen LogP contribution is 2.14. The van der Waals surface area contributed by atoms with Crippen LogP contribution in [0.3, 0.4) is 0 Å². The van der Waals surface area contributed by atoms with Gasteiger partial charge in [0.1, 0.15) is 6.04 Å². The summed E-state index contributed by atoms with van der Waals surface area (Å²) in [7, 11) is 0. The molecule has 0 radical (unpaired) electrons. The number of hydrogen-bond acceptors (Lipinski definition) is 2. The van der Waals surface area contributed by atoms with Crippen molar-refractivity contribution in [1.82, 2.24) is 10.2 Å². The Morgan fingerprint density at radius 2 is 1.86 bits per heavy atom. The van der Waals surface area contributed by atoms with Crippen LogP contribution in [0.4, 0.5) is 0 Å². The van der Waals surface area contributed by atoms with Crippen LogP contribution in [0.5, 0.6) is 0 Å². The number of benzene rings is 1. The molecule has 1 aromatic carbocycles. The maximum absolute atomic E-state index is 12.2. The van der Waals surface area contributed by atoms with Crippen LogP contribution in [0.1, 0.15) is 45.6 Å². The van der Waals surface area contributed by atoms with Gasteiger partial charge in [0.25, 0.3) is 0 Å². The van der Waals surface area contributed by atoms with E-state index in [2.05, 4.69) is 28.2 Å². The zero-order valence-electron chi connectivity index (χ0n) is 13.6. The highest BCUT2D eigenvalue weighted by atomic mass is 79.9. The highest BCUT2D eigenvalue weighted by Gasteiger charge is 2.24. The van der Waals surface area contributed by atoms with E-state index in [1.165, 1.54) is 0 Å². The predicted molar refractivity (Wildman–Crippen MR) is 92.4 cm³/mol. The lowest BCUT2D eigenvalue weighted by atomic mass is 10.1. The van der Waals surface area contributed by atoms with Gasteiger partial charge >= 0.3 is 0 Å². The minimum Gasteiger partial charge on any atom is -0.354 e. The molecule has 1 atom stereocenters. The fourth-order valence-corrected chi connectivity index (χ4v) is 2.37. The second-order valence-electron chi connectivity index (χ2n) is 5.32. The van der Waals surface area contributed by atoms with Gasteiger partial charge in [0.05, 0.1) is 0 Å². The van der Waals surface area contributed by atoms with Crippen LogP contribution in [0.2, 0.25) is 0 Å². The molecule has 0 unspecified atom stereocenters. The smallest absolute Gasteiger partial charge is 0.242 e. The molecule has 122 valence electrons. The summed E-state index contributed by atoms with van der Waals surface area (Å²) in [5.41, 5.74) is 1.01. The van der Waals surface area contributed by atoms with Crippen molar-refractivity contribution in [3.63, 3.8) is 0 Å². The second-order valence-corrected chi connectivity index (χ2v) is 6.24. The van der Waals surface area contributed by atoms with Gasteiger partial charge in [0.15, 0.2) is 0 Å². The van der Waals surface area contributed by atoms with Crippen LogP contribution in [0, 0.1) is 0 Å². The number of unbranched alkanes of at least 4 members (excludes halogenated alkanes) is 1. The van der Waals surface area contributed by atoms with Gasteiger partial charge in [-0.25, -0.2) is 0 Å². The van der Waals surface area contributed by atoms with Gasteiger partial charge in [-0.1, -0.05) is 48.3 Å². The molecule has 2 amide bonds. The Morgan fingerprint density at radius 3 is 2.41 bits per heavy atom. The molecule has 0 heterocycles. The van der Waals surface area contributed by atoms with Gasteiger partial charge in [-0.05, 0) is 31.0 Å². The molecule has 0 aliphatic rings. The van der Waals surface area contributed by atoms with Crippen LogP contribution in [0.15, 0.2) is 28.7 Å². The zero-order valence-corrected chi connectivity index (χ0v) is 15.1. The molecule has 1 aromatic rings. The summed E-state index contributed by atoms with van der Waals surface area (Å²) in [6, 6.07) is 7.34. The van der Waals surface area contributed by atoms with E-state index in [0.29, 0.717) is 19.5 Å². The standard InChI is InChI=1S/C17H25BrN2O2/c1-4-6-11-19-17(22)13(3)20(16(21)5-2)12-14-7-9-15(18)10-8-14/h7-10,13H,4-6,11-12H2,1-3H3,(H,19,22)/t13-/m1/s1. The van der Waals surface area contributed by atoms with E-state index < -0.39 is 6.04 Å². The normalized spacial score (nSPS) is 11.8. The first kappa shape index (κ1) is 18.7. The Morgan fingerprint density at radius 1 is 1.23 bits per heavy atom. The number of amides is 2. The zero-order chi connectivity index (χ0) is 16.5. The number of nitrogens with zero attached hydrogens (tertiary/aromatic N) is 1. The average Bonchev–Trinajstić information content (AvgIpc) is 2.53. The van der Waals surface area contributed by atoms with Gasteiger partial charge in [-0.2, -0.15) is 0 Å². The van der Waals surface area contributed by atoms with Crippen molar-refractivity contribution in [2.45, 2.75) is 52.6 Å². The van der Waals surface area contributed by atoms with Crippen LogP contribution in [-0.4, -0.2) is 29.3 Å². The largest absolute Gasteiger partial charge is 0.354 e.